The van der Waals surface area contributed by atoms with Crippen molar-refractivity contribution in [2.24, 2.45) is 0 Å². The number of aromatic nitrogens is 2. The van der Waals surface area contributed by atoms with Crippen molar-refractivity contribution in [2.75, 3.05) is 13.5 Å². The molecule has 25 heavy (non-hydrogen) atoms. The molecule has 1 aromatic heterocycles. The molecule has 1 saturated heterocycles. The van der Waals surface area contributed by atoms with E-state index in [9.17, 15) is 14.2 Å². The Morgan fingerprint density at radius 1 is 1.36 bits per heavy atom. The van der Waals surface area contributed by atoms with Crippen LogP contribution in [-0.4, -0.2) is 57.4 Å². The van der Waals surface area contributed by atoms with Crippen molar-refractivity contribution in [3.8, 4) is 0 Å². The second kappa shape index (κ2) is 7.92. The molecular formula is C13H21N2O9P. The Morgan fingerprint density at radius 3 is 2.56 bits per heavy atom. The fraction of sp³-hybridized carbons (Fsp3) is 0.692. The number of aromatic amines is 1. The smallest absolute Gasteiger partial charge is 0.351 e. The topological polar surface area (TPSA) is 149 Å². The lowest BCUT2D eigenvalue weighted by molar-refractivity contribution is -0.185. The third-order valence-corrected chi connectivity index (χ3v) is 3.87. The van der Waals surface area contributed by atoms with Crippen molar-refractivity contribution >= 4 is 7.60 Å². The highest BCUT2D eigenvalue weighted by molar-refractivity contribution is 7.51. The summed E-state index contributed by atoms with van der Waals surface area (Å²) in [5, 5.41) is 0. The Hall–Kier alpha value is -1.33. The van der Waals surface area contributed by atoms with Crippen molar-refractivity contribution < 1.29 is 33.3 Å². The lowest BCUT2D eigenvalue weighted by Gasteiger charge is -2.25. The van der Waals surface area contributed by atoms with Gasteiger partial charge < -0.3 is 28.7 Å². The van der Waals surface area contributed by atoms with Crippen molar-refractivity contribution in [1.29, 1.82) is 0 Å². The van der Waals surface area contributed by atoms with Crippen molar-refractivity contribution in [2.45, 2.75) is 44.7 Å². The molecule has 12 heteroatoms. The predicted octanol–water partition coefficient (Wildman–Crippen LogP) is -0.648. The molecule has 0 amide bonds. The Balaban J connectivity index is 2.32. The lowest BCUT2D eigenvalue weighted by atomic mass is 10.2. The third kappa shape index (κ3) is 5.08. The summed E-state index contributed by atoms with van der Waals surface area (Å²) in [5.74, 6) is 0. The van der Waals surface area contributed by atoms with E-state index in [0.717, 1.165) is 10.6 Å². The van der Waals surface area contributed by atoms with Gasteiger partial charge in [0.15, 0.2) is 18.9 Å². The zero-order valence-electron chi connectivity index (χ0n) is 13.9. The van der Waals surface area contributed by atoms with Crippen LogP contribution in [0.5, 0.6) is 0 Å². The third-order valence-electron chi connectivity index (χ3n) is 3.38. The van der Waals surface area contributed by atoms with Gasteiger partial charge in [-0.25, -0.2) is 4.79 Å². The predicted molar refractivity (Wildman–Crippen MR) is 84.0 cm³/mol. The van der Waals surface area contributed by atoms with E-state index in [1.807, 2.05) is 0 Å². The number of H-pyrrole nitrogens is 1. The van der Waals surface area contributed by atoms with E-state index in [1.165, 1.54) is 13.3 Å². The first-order valence-corrected chi connectivity index (χ1v) is 9.23. The number of nitrogens with one attached hydrogen (secondary N) is 1. The molecule has 1 unspecified atom stereocenters. The van der Waals surface area contributed by atoms with Crippen LogP contribution in [0, 0.1) is 0 Å². The van der Waals surface area contributed by atoms with Crippen LogP contribution in [0.25, 0.3) is 0 Å². The molecule has 1 aliphatic rings. The maximum absolute atomic E-state index is 12.0. The summed E-state index contributed by atoms with van der Waals surface area (Å²) in [7, 11) is -3.05. The lowest BCUT2D eigenvalue weighted by Crippen LogP contribution is -2.41. The second-order valence-electron chi connectivity index (χ2n) is 5.72. The first-order valence-electron chi connectivity index (χ1n) is 7.43. The number of methoxy groups -OCH3 is 1. The number of hydrogen-bond donors (Lipinski definition) is 3. The normalized spacial score (nSPS) is 27.1. The highest BCUT2D eigenvalue weighted by Crippen LogP contribution is 2.39. The number of ether oxygens (including phenoxy) is 4. The first kappa shape index (κ1) is 20.0. The van der Waals surface area contributed by atoms with Gasteiger partial charge in [0.05, 0.1) is 6.10 Å². The van der Waals surface area contributed by atoms with Crippen molar-refractivity contribution in [3.05, 3.63) is 33.1 Å². The summed E-state index contributed by atoms with van der Waals surface area (Å²) in [6, 6.07) is 1.14. The van der Waals surface area contributed by atoms with Crippen LogP contribution in [0.15, 0.2) is 21.9 Å². The Bertz CT molecular complexity index is 740. The monoisotopic (exact) mass is 380 g/mol. The molecule has 2 rings (SSSR count). The molecule has 0 radical (unpaired) electrons. The van der Waals surface area contributed by atoms with Gasteiger partial charge in [0.2, 0.25) is 0 Å². The van der Waals surface area contributed by atoms with E-state index in [-0.39, 0.29) is 6.10 Å². The summed E-state index contributed by atoms with van der Waals surface area (Å²) in [4.78, 5) is 43.3. The van der Waals surface area contributed by atoms with Gasteiger partial charge in [-0.05, 0) is 13.8 Å². The van der Waals surface area contributed by atoms with Gasteiger partial charge in [0, 0.05) is 19.4 Å². The summed E-state index contributed by atoms with van der Waals surface area (Å²) in [6.45, 7) is 3.51. The van der Waals surface area contributed by atoms with E-state index in [4.69, 9.17) is 28.7 Å². The van der Waals surface area contributed by atoms with Gasteiger partial charge in [-0.2, -0.15) is 0 Å². The zero-order chi connectivity index (χ0) is 18.8. The average molecular weight is 380 g/mol. The number of hydrogen-bond acceptors (Lipinski definition) is 7. The van der Waals surface area contributed by atoms with E-state index in [1.54, 1.807) is 13.8 Å². The standard InChI is InChI=1S/C13H21N2O9P/c1-7(2)23-10-9(21-3)11(15-5-4-8(16)14-13(15)17)24-12(10)22-6-25(18,19)20/h4-5,7,9-12H,6H2,1-3H3,(H,14,16,17)(H2,18,19,20)/t9-,10?,11+,12-/m0/s1. The van der Waals surface area contributed by atoms with Crippen LogP contribution < -0.4 is 11.2 Å². The molecular weight excluding hydrogens is 359 g/mol. The maximum Gasteiger partial charge on any atom is 0.351 e. The molecule has 0 saturated carbocycles. The first-order chi connectivity index (χ1) is 11.6. The van der Waals surface area contributed by atoms with Gasteiger partial charge in [-0.15, -0.1) is 0 Å². The molecule has 11 nitrogen and oxygen atoms in total. The maximum atomic E-state index is 12.0. The minimum absolute atomic E-state index is 0.265. The molecule has 1 aliphatic heterocycles. The van der Waals surface area contributed by atoms with Gasteiger partial charge >= 0.3 is 13.3 Å². The van der Waals surface area contributed by atoms with Crippen molar-refractivity contribution in [1.82, 2.24) is 9.55 Å². The minimum Gasteiger partial charge on any atom is -0.374 e. The zero-order valence-corrected chi connectivity index (χ0v) is 14.8. The van der Waals surface area contributed by atoms with Crippen LogP contribution in [0.3, 0.4) is 0 Å². The minimum atomic E-state index is -4.43. The van der Waals surface area contributed by atoms with Crippen LogP contribution in [0.1, 0.15) is 20.1 Å². The molecule has 2 heterocycles. The average Bonchev–Trinajstić information content (AvgIpc) is 2.81. The second-order valence-corrected chi connectivity index (χ2v) is 7.31. The molecule has 3 N–H and O–H groups in total. The van der Waals surface area contributed by atoms with Crippen LogP contribution >= 0.6 is 7.60 Å². The van der Waals surface area contributed by atoms with Gasteiger partial charge in [-0.1, -0.05) is 0 Å². The number of nitrogens with zero attached hydrogens (tertiary/aromatic N) is 1. The molecule has 0 aromatic carbocycles. The number of rotatable bonds is 7. The van der Waals surface area contributed by atoms with E-state index < -0.39 is 49.9 Å². The molecule has 1 aromatic rings. The molecule has 1 fully saturated rings. The van der Waals surface area contributed by atoms with Crippen LogP contribution in [-0.2, 0) is 23.5 Å². The fourth-order valence-electron chi connectivity index (χ4n) is 2.47. The SMILES string of the molecule is CO[C@H]1C(OC(C)C)[C@@H](OCP(=O)(O)O)O[C@H]1n1ccc(=O)[nH]c1=O. The summed E-state index contributed by atoms with van der Waals surface area (Å²) < 4.78 is 34.0. The molecule has 0 aliphatic carbocycles. The highest BCUT2D eigenvalue weighted by Gasteiger charge is 2.48. The van der Waals surface area contributed by atoms with Crippen molar-refractivity contribution in [3.63, 3.8) is 0 Å². The van der Waals surface area contributed by atoms with Crippen LogP contribution in [0.2, 0.25) is 0 Å². The summed E-state index contributed by atoms with van der Waals surface area (Å²) >= 11 is 0. The Kier molecular flexibility index (Phi) is 6.33. The largest absolute Gasteiger partial charge is 0.374 e. The quantitative estimate of drug-likeness (QED) is 0.525. The molecule has 0 spiro atoms. The van der Waals surface area contributed by atoms with Crippen LogP contribution in [0.4, 0.5) is 0 Å². The molecule has 4 atom stereocenters. The molecule has 0 bridgehead atoms. The fourth-order valence-corrected chi connectivity index (χ4v) is 2.81. The van der Waals surface area contributed by atoms with E-state index >= 15 is 0 Å². The van der Waals surface area contributed by atoms with Gasteiger partial charge in [-0.3, -0.25) is 18.9 Å². The van der Waals surface area contributed by atoms with Gasteiger partial charge in [0.25, 0.3) is 5.56 Å². The molecule has 142 valence electrons. The summed E-state index contributed by atoms with van der Waals surface area (Å²) in [5.41, 5.74) is -1.30. The Morgan fingerprint density at radius 2 is 2.04 bits per heavy atom. The summed E-state index contributed by atoms with van der Waals surface area (Å²) in [6.07, 6.45) is -3.76. The van der Waals surface area contributed by atoms with E-state index in [2.05, 4.69) is 4.98 Å². The highest BCUT2D eigenvalue weighted by atomic mass is 31.2. The van der Waals surface area contributed by atoms with Gasteiger partial charge in [0.1, 0.15) is 12.2 Å². The Labute approximate surface area is 142 Å². The van der Waals surface area contributed by atoms with E-state index in [0.29, 0.717) is 0 Å².